The van der Waals surface area contributed by atoms with Gasteiger partial charge in [0.15, 0.2) is 0 Å². The Labute approximate surface area is 113 Å². The second-order valence-electron chi connectivity index (χ2n) is 4.88. The van der Waals surface area contributed by atoms with Crippen molar-refractivity contribution in [2.45, 2.75) is 51.5 Å². The van der Waals surface area contributed by atoms with Crippen LogP contribution in [0.4, 0.5) is 0 Å². The smallest absolute Gasteiger partial charge is 0.0809 e. The summed E-state index contributed by atoms with van der Waals surface area (Å²) in [5.74, 6) is 0. The fourth-order valence-corrected chi connectivity index (χ4v) is 2.99. The maximum absolute atomic E-state index is 6.23. The van der Waals surface area contributed by atoms with E-state index in [1.165, 1.54) is 42.4 Å². The third-order valence-electron chi connectivity index (χ3n) is 3.37. The van der Waals surface area contributed by atoms with Crippen LogP contribution in [0.3, 0.4) is 0 Å². The van der Waals surface area contributed by atoms with E-state index in [4.69, 9.17) is 5.73 Å². The lowest BCUT2D eigenvalue weighted by atomic mass is 10.0. The molecule has 0 aliphatic rings. The molecule has 2 aromatic rings. The van der Waals surface area contributed by atoms with Crippen molar-refractivity contribution < 1.29 is 0 Å². The highest BCUT2D eigenvalue weighted by molar-refractivity contribution is 7.17. The Morgan fingerprint density at radius 2 is 2.11 bits per heavy atom. The summed E-state index contributed by atoms with van der Waals surface area (Å²) in [5, 5.41) is 2.08. The van der Waals surface area contributed by atoms with E-state index >= 15 is 0 Å². The lowest BCUT2D eigenvalue weighted by Gasteiger charge is -2.11. The predicted molar refractivity (Wildman–Crippen MR) is 79.9 cm³/mol. The second kappa shape index (κ2) is 6.86. The summed E-state index contributed by atoms with van der Waals surface area (Å²) < 4.78 is 1.24. The van der Waals surface area contributed by atoms with E-state index in [1.54, 1.807) is 11.3 Å². The molecule has 0 spiro atoms. The number of hydrogen-bond donors (Lipinski definition) is 1. The maximum Gasteiger partial charge on any atom is 0.0809 e. The molecular formula is C15H22N2S. The maximum atomic E-state index is 6.23. The van der Waals surface area contributed by atoms with Crippen molar-refractivity contribution in [3.63, 3.8) is 0 Å². The first-order valence-corrected chi connectivity index (χ1v) is 7.78. The van der Waals surface area contributed by atoms with Gasteiger partial charge in [0.05, 0.1) is 10.2 Å². The lowest BCUT2D eigenvalue weighted by Crippen LogP contribution is -2.10. The van der Waals surface area contributed by atoms with E-state index in [0.29, 0.717) is 0 Å². The van der Waals surface area contributed by atoms with Gasteiger partial charge >= 0.3 is 0 Å². The summed E-state index contributed by atoms with van der Waals surface area (Å²) in [7, 11) is 0. The number of unbranched alkanes of at least 4 members (excludes halogenated alkanes) is 4. The van der Waals surface area contributed by atoms with E-state index in [2.05, 4.69) is 29.4 Å². The molecule has 0 aliphatic carbocycles. The summed E-state index contributed by atoms with van der Waals surface area (Å²) in [5.41, 5.74) is 8.50. The molecule has 0 saturated carbocycles. The van der Waals surface area contributed by atoms with E-state index in [0.717, 1.165) is 11.9 Å². The van der Waals surface area contributed by atoms with Crippen LogP contribution in [0.1, 0.15) is 57.1 Å². The molecule has 1 unspecified atom stereocenters. The molecule has 98 valence electrons. The fourth-order valence-electron chi connectivity index (χ4n) is 2.20. The Morgan fingerprint density at radius 1 is 1.28 bits per heavy atom. The molecule has 3 heteroatoms. The fraction of sp³-hybridized carbons (Fsp3) is 0.533. The summed E-state index contributed by atoms with van der Waals surface area (Å²) in [6.07, 6.45) is 9.52. The molecule has 2 rings (SSSR count). The first-order valence-electron chi connectivity index (χ1n) is 6.90. The highest BCUT2D eigenvalue weighted by Crippen LogP contribution is 2.24. The van der Waals surface area contributed by atoms with Gasteiger partial charge in [-0.2, -0.15) is 0 Å². The normalized spacial score (nSPS) is 13.0. The van der Waals surface area contributed by atoms with Gasteiger partial charge in [0.25, 0.3) is 0 Å². The molecule has 0 fully saturated rings. The Kier molecular flexibility index (Phi) is 5.14. The number of hydrogen-bond acceptors (Lipinski definition) is 3. The van der Waals surface area contributed by atoms with Crippen LogP contribution in [0.25, 0.3) is 10.2 Å². The van der Waals surface area contributed by atoms with Crippen LogP contribution in [0, 0.1) is 0 Å². The lowest BCUT2D eigenvalue weighted by molar-refractivity contribution is 0.555. The minimum atomic E-state index is 0.144. The van der Waals surface area contributed by atoms with Gasteiger partial charge in [0.2, 0.25) is 0 Å². The van der Waals surface area contributed by atoms with Gasteiger partial charge in [-0.15, -0.1) is 11.3 Å². The Hall–Kier alpha value is -0.930. The van der Waals surface area contributed by atoms with E-state index in [1.807, 2.05) is 6.20 Å². The number of rotatable bonds is 7. The molecule has 0 bridgehead atoms. The summed E-state index contributed by atoms with van der Waals surface area (Å²) in [6.45, 7) is 2.24. The highest BCUT2D eigenvalue weighted by atomic mass is 32.1. The highest BCUT2D eigenvalue weighted by Gasteiger charge is 2.07. The van der Waals surface area contributed by atoms with Crippen molar-refractivity contribution in [3.8, 4) is 0 Å². The molecule has 2 nitrogen and oxygen atoms in total. The van der Waals surface area contributed by atoms with Gasteiger partial charge in [-0.25, -0.2) is 0 Å². The van der Waals surface area contributed by atoms with Crippen molar-refractivity contribution in [2.75, 3.05) is 0 Å². The summed E-state index contributed by atoms with van der Waals surface area (Å²) in [6, 6.07) is 4.40. The average molecular weight is 262 g/mol. The van der Waals surface area contributed by atoms with Gasteiger partial charge in [-0.3, -0.25) is 4.98 Å². The van der Waals surface area contributed by atoms with Gasteiger partial charge in [0.1, 0.15) is 0 Å². The molecule has 2 aromatic heterocycles. The van der Waals surface area contributed by atoms with Crippen LogP contribution in [0.2, 0.25) is 0 Å². The quantitative estimate of drug-likeness (QED) is 0.737. The first kappa shape index (κ1) is 13.5. The standard InChI is InChI=1S/C15H22N2S/c1-2-3-4-5-6-7-13(16)12-10-15-14(17-11-12)8-9-18-15/h8-11,13H,2-7,16H2,1H3. The van der Waals surface area contributed by atoms with Crippen molar-refractivity contribution in [3.05, 3.63) is 29.3 Å². The van der Waals surface area contributed by atoms with E-state index < -0.39 is 0 Å². The first-order chi connectivity index (χ1) is 8.81. The van der Waals surface area contributed by atoms with Crippen molar-refractivity contribution in [2.24, 2.45) is 5.73 Å². The van der Waals surface area contributed by atoms with Crippen LogP contribution >= 0.6 is 11.3 Å². The number of aromatic nitrogens is 1. The molecule has 0 amide bonds. The Morgan fingerprint density at radius 3 is 2.94 bits per heavy atom. The third kappa shape index (κ3) is 3.53. The van der Waals surface area contributed by atoms with Crippen LogP contribution in [0.5, 0.6) is 0 Å². The van der Waals surface area contributed by atoms with Crippen molar-refractivity contribution in [1.82, 2.24) is 4.98 Å². The van der Waals surface area contributed by atoms with E-state index in [-0.39, 0.29) is 6.04 Å². The number of nitrogens with zero attached hydrogens (tertiary/aromatic N) is 1. The number of fused-ring (bicyclic) bond motifs is 1. The minimum Gasteiger partial charge on any atom is -0.324 e. The summed E-state index contributed by atoms with van der Waals surface area (Å²) >= 11 is 1.74. The predicted octanol–water partition coefficient (Wildman–Crippen LogP) is 4.66. The number of thiophene rings is 1. The SMILES string of the molecule is CCCCCCCC(N)c1cnc2ccsc2c1. The van der Waals surface area contributed by atoms with Gasteiger partial charge in [-0.1, -0.05) is 39.0 Å². The zero-order chi connectivity index (χ0) is 12.8. The van der Waals surface area contributed by atoms with Gasteiger partial charge < -0.3 is 5.73 Å². The topological polar surface area (TPSA) is 38.9 Å². The largest absolute Gasteiger partial charge is 0.324 e. The number of pyridine rings is 1. The molecule has 1 atom stereocenters. The zero-order valence-corrected chi connectivity index (χ0v) is 11.9. The van der Waals surface area contributed by atoms with Crippen molar-refractivity contribution >= 4 is 21.6 Å². The van der Waals surface area contributed by atoms with Crippen LogP contribution in [0.15, 0.2) is 23.7 Å². The number of nitrogens with two attached hydrogens (primary N) is 1. The van der Waals surface area contributed by atoms with Crippen molar-refractivity contribution in [1.29, 1.82) is 0 Å². The van der Waals surface area contributed by atoms with E-state index in [9.17, 15) is 0 Å². The zero-order valence-electron chi connectivity index (χ0n) is 11.1. The average Bonchev–Trinajstić information content (AvgIpc) is 2.85. The molecular weight excluding hydrogens is 240 g/mol. The monoisotopic (exact) mass is 262 g/mol. The van der Waals surface area contributed by atoms with Gasteiger partial charge in [-0.05, 0) is 29.5 Å². The molecule has 2 heterocycles. The minimum absolute atomic E-state index is 0.144. The van der Waals surface area contributed by atoms with Crippen LogP contribution < -0.4 is 5.73 Å². The second-order valence-corrected chi connectivity index (χ2v) is 5.83. The molecule has 0 aliphatic heterocycles. The van der Waals surface area contributed by atoms with Crippen LogP contribution in [-0.4, -0.2) is 4.98 Å². The molecule has 18 heavy (non-hydrogen) atoms. The molecule has 0 saturated heterocycles. The van der Waals surface area contributed by atoms with Crippen LogP contribution in [-0.2, 0) is 0 Å². The molecule has 0 aromatic carbocycles. The molecule has 0 radical (unpaired) electrons. The molecule has 2 N–H and O–H groups in total. The third-order valence-corrected chi connectivity index (χ3v) is 4.22. The Balaban J connectivity index is 1.85. The Bertz CT molecular complexity index is 478. The summed E-state index contributed by atoms with van der Waals surface area (Å²) in [4.78, 5) is 4.45. The van der Waals surface area contributed by atoms with Gasteiger partial charge in [0, 0.05) is 12.2 Å².